The largest absolute Gasteiger partial charge is 0.298 e. The third-order valence-electron chi connectivity index (χ3n) is 3.82. The van der Waals surface area contributed by atoms with Gasteiger partial charge >= 0.3 is 0 Å². The van der Waals surface area contributed by atoms with Gasteiger partial charge in [-0.2, -0.15) is 0 Å². The summed E-state index contributed by atoms with van der Waals surface area (Å²) < 4.78 is 0. The summed E-state index contributed by atoms with van der Waals surface area (Å²) in [5.74, 6) is 0. The Labute approximate surface area is 141 Å². The number of carbonyl (C=O) groups excluding carboxylic acids is 1. The molecule has 1 heteroatoms. The molecule has 0 unspecified atom stereocenters. The smallest absolute Gasteiger partial charge is 0.150 e. The Morgan fingerprint density at radius 1 is 0.870 bits per heavy atom. The van der Waals surface area contributed by atoms with Crippen LogP contribution in [0, 0.1) is 6.92 Å². The Bertz CT molecular complexity index is 615. The summed E-state index contributed by atoms with van der Waals surface area (Å²) in [6, 6.07) is 15.0. The molecule has 1 nitrogen and oxygen atoms in total. The van der Waals surface area contributed by atoms with Crippen LogP contribution in [0.15, 0.2) is 42.5 Å². The van der Waals surface area contributed by atoms with Crippen molar-refractivity contribution in [1.82, 2.24) is 0 Å². The topological polar surface area (TPSA) is 17.1 Å². The van der Waals surface area contributed by atoms with Crippen LogP contribution in [0.25, 0.3) is 0 Å². The fourth-order valence-electron chi connectivity index (χ4n) is 2.57. The van der Waals surface area contributed by atoms with Crippen molar-refractivity contribution >= 4 is 6.29 Å². The number of carbonyl (C=O) groups is 1. The molecule has 2 aromatic carbocycles. The van der Waals surface area contributed by atoms with Gasteiger partial charge in [-0.25, -0.2) is 0 Å². The number of aldehydes is 1. The fraction of sp³-hybridized carbons (Fsp3) is 0.409. The molecular formula is C22H30O. The Kier molecular flexibility index (Phi) is 7.22. The average molecular weight is 310 g/mol. The minimum atomic E-state index is 0.202. The summed E-state index contributed by atoms with van der Waals surface area (Å²) in [5.41, 5.74) is 6.07. The summed E-state index contributed by atoms with van der Waals surface area (Å²) in [7, 11) is 0. The van der Waals surface area contributed by atoms with E-state index in [1.165, 1.54) is 16.7 Å². The third-order valence-corrected chi connectivity index (χ3v) is 3.82. The SMILES string of the molecule is CC.Cc1cc(C=O)cc(CCc2ccc(C(C)(C)C)cc2)c1. The van der Waals surface area contributed by atoms with E-state index in [1.807, 2.05) is 32.9 Å². The summed E-state index contributed by atoms with van der Waals surface area (Å²) in [6.07, 6.45) is 2.90. The molecule has 0 radical (unpaired) electrons. The number of rotatable bonds is 4. The van der Waals surface area contributed by atoms with E-state index in [-0.39, 0.29) is 5.41 Å². The highest BCUT2D eigenvalue weighted by molar-refractivity contribution is 5.75. The van der Waals surface area contributed by atoms with Crippen LogP contribution >= 0.6 is 0 Å². The van der Waals surface area contributed by atoms with Gasteiger partial charge in [0.1, 0.15) is 6.29 Å². The highest BCUT2D eigenvalue weighted by Crippen LogP contribution is 2.22. The summed E-state index contributed by atoms with van der Waals surface area (Å²) in [5, 5.41) is 0. The number of benzene rings is 2. The molecule has 0 amide bonds. The van der Waals surface area contributed by atoms with Gasteiger partial charge in [0.25, 0.3) is 0 Å². The van der Waals surface area contributed by atoms with E-state index in [0.29, 0.717) is 0 Å². The monoisotopic (exact) mass is 310 g/mol. The van der Waals surface area contributed by atoms with Gasteiger partial charge in [-0.1, -0.05) is 70.5 Å². The van der Waals surface area contributed by atoms with E-state index in [4.69, 9.17) is 0 Å². The zero-order valence-electron chi connectivity index (χ0n) is 15.4. The van der Waals surface area contributed by atoms with Crippen LogP contribution in [0.1, 0.15) is 67.2 Å². The van der Waals surface area contributed by atoms with Gasteiger partial charge in [0.2, 0.25) is 0 Å². The molecule has 0 aromatic heterocycles. The second kappa shape index (κ2) is 8.67. The van der Waals surface area contributed by atoms with Gasteiger partial charge in [0, 0.05) is 5.56 Å². The second-order valence-electron chi connectivity index (χ2n) is 6.82. The molecule has 0 spiro atoms. The minimum absolute atomic E-state index is 0.202. The Morgan fingerprint density at radius 2 is 1.43 bits per heavy atom. The normalized spacial score (nSPS) is 10.7. The first-order valence-electron chi connectivity index (χ1n) is 8.53. The Morgan fingerprint density at radius 3 is 1.96 bits per heavy atom. The molecule has 0 N–H and O–H groups in total. The fourth-order valence-corrected chi connectivity index (χ4v) is 2.57. The van der Waals surface area contributed by atoms with Gasteiger partial charge in [-0.3, -0.25) is 4.79 Å². The highest BCUT2D eigenvalue weighted by Gasteiger charge is 2.12. The number of aryl methyl sites for hydroxylation is 3. The molecule has 2 aromatic rings. The minimum Gasteiger partial charge on any atom is -0.298 e. The first kappa shape index (κ1) is 19.2. The lowest BCUT2D eigenvalue weighted by atomic mass is 9.86. The average Bonchev–Trinajstić information content (AvgIpc) is 2.54. The molecule has 0 heterocycles. The van der Waals surface area contributed by atoms with Gasteiger partial charge in [0.05, 0.1) is 0 Å². The molecule has 124 valence electrons. The van der Waals surface area contributed by atoms with Gasteiger partial charge < -0.3 is 0 Å². The van der Waals surface area contributed by atoms with Crippen molar-refractivity contribution in [3.63, 3.8) is 0 Å². The van der Waals surface area contributed by atoms with Crippen molar-refractivity contribution in [3.05, 3.63) is 70.3 Å². The van der Waals surface area contributed by atoms with Gasteiger partial charge in [-0.15, -0.1) is 0 Å². The molecule has 0 saturated carbocycles. The van der Waals surface area contributed by atoms with Crippen molar-refractivity contribution in [2.45, 2.75) is 59.8 Å². The van der Waals surface area contributed by atoms with Crippen LogP contribution in [0.4, 0.5) is 0 Å². The van der Waals surface area contributed by atoms with Crippen molar-refractivity contribution in [2.24, 2.45) is 0 Å². The van der Waals surface area contributed by atoms with Crippen LogP contribution in [0.2, 0.25) is 0 Å². The van der Waals surface area contributed by atoms with E-state index >= 15 is 0 Å². The molecule has 0 aliphatic rings. The van der Waals surface area contributed by atoms with E-state index < -0.39 is 0 Å². The Hall–Kier alpha value is -1.89. The maximum atomic E-state index is 10.9. The molecular weight excluding hydrogens is 280 g/mol. The van der Waals surface area contributed by atoms with Crippen molar-refractivity contribution in [3.8, 4) is 0 Å². The first-order valence-corrected chi connectivity index (χ1v) is 8.53. The predicted molar refractivity (Wildman–Crippen MR) is 100 cm³/mol. The second-order valence-corrected chi connectivity index (χ2v) is 6.82. The molecule has 0 saturated heterocycles. The lowest BCUT2D eigenvalue weighted by Gasteiger charge is -2.19. The van der Waals surface area contributed by atoms with E-state index in [2.05, 4.69) is 51.1 Å². The molecule has 23 heavy (non-hydrogen) atoms. The van der Waals surface area contributed by atoms with Crippen LogP contribution in [0.5, 0.6) is 0 Å². The van der Waals surface area contributed by atoms with Gasteiger partial charge in [-0.05, 0) is 54.0 Å². The maximum Gasteiger partial charge on any atom is 0.150 e. The molecule has 0 aliphatic heterocycles. The van der Waals surface area contributed by atoms with E-state index in [1.54, 1.807) is 0 Å². The van der Waals surface area contributed by atoms with Crippen LogP contribution in [0.3, 0.4) is 0 Å². The third kappa shape index (κ3) is 6.02. The van der Waals surface area contributed by atoms with Crippen molar-refractivity contribution < 1.29 is 4.79 Å². The zero-order chi connectivity index (χ0) is 17.5. The number of hydrogen-bond acceptors (Lipinski definition) is 1. The zero-order valence-corrected chi connectivity index (χ0v) is 15.4. The predicted octanol–water partition coefficient (Wildman–Crippen LogP) is 5.92. The first-order chi connectivity index (χ1) is 10.9. The van der Waals surface area contributed by atoms with E-state index in [9.17, 15) is 4.79 Å². The molecule has 0 aliphatic carbocycles. The molecule has 0 atom stereocenters. The summed E-state index contributed by atoms with van der Waals surface area (Å²) in [6.45, 7) is 12.7. The lowest BCUT2D eigenvalue weighted by molar-refractivity contribution is 0.112. The number of hydrogen-bond donors (Lipinski definition) is 0. The van der Waals surface area contributed by atoms with Crippen LogP contribution in [-0.2, 0) is 18.3 Å². The lowest BCUT2D eigenvalue weighted by Crippen LogP contribution is -2.10. The summed E-state index contributed by atoms with van der Waals surface area (Å²) >= 11 is 0. The van der Waals surface area contributed by atoms with Gasteiger partial charge in [0.15, 0.2) is 0 Å². The Balaban J connectivity index is 0.00000127. The highest BCUT2D eigenvalue weighted by atomic mass is 16.1. The van der Waals surface area contributed by atoms with Crippen LogP contribution < -0.4 is 0 Å². The molecule has 0 fully saturated rings. The van der Waals surface area contributed by atoms with Crippen LogP contribution in [-0.4, -0.2) is 6.29 Å². The van der Waals surface area contributed by atoms with Crippen molar-refractivity contribution in [1.29, 1.82) is 0 Å². The quantitative estimate of drug-likeness (QED) is 0.641. The standard InChI is InChI=1S/C20H24O.C2H6/c1-15-11-17(13-18(12-15)14-21)6-5-16-7-9-19(10-8-16)20(2,3)4;1-2/h7-14H,5-6H2,1-4H3;1-2H3. The summed E-state index contributed by atoms with van der Waals surface area (Å²) in [4.78, 5) is 10.9. The maximum absolute atomic E-state index is 10.9. The van der Waals surface area contributed by atoms with Crippen molar-refractivity contribution in [2.75, 3.05) is 0 Å². The van der Waals surface area contributed by atoms with E-state index in [0.717, 1.165) is 30.3 Å². The molecule has 0 bridgehead atoms. The molecule has 2 rings (SSSR count).